The SMILES string of the molecule is CCOc1ccc(S(=O)(=O)N(CC(=O)O)CC(C)C)cc1. The van der Waals surface area contributed by atoms with Gasteiger partial charge in [-0.1, -0.05) is 13.8 Å². The molecule has 1 aromatic carbocycles. The fraction of sp³-hybridized carbons (Fsp3) is 0.500. The van der Waals surface area contributed by atoms with E-state index < -0.39 is 22.5 Å². The summed E-state index contributed by atoms with van der Waals surface area (Å²) < 4.78 is 31.2. The Morgan fingerprint density at radius 2 is 1.86 bits per heavy atom. The molecule has 0 spiro atoms. The standard InChI is InChI=1S/C14H21NO5S/c1-4-20-12-5-7-13(8-6-12)21(18,19)15(9-11(2)3)10-14(16)17/h5-8,11H,4,9-10H2,1-3H3,(H,16,17). The van der Waals surface area contributed by atoms with E-state index in [1.807, 2.05) is 20.8 Å². The second-order valence-electron chi connectivity index (χ2n) is 4.99. The molecule has 0 unspecified atom stereocenters. The van der Waals surface area contributed by atoms with Crippen LogP contribution < -0.4 is 4.74 Å². The number of sulfonamides is 1. The summed E-state index contributed by atoms with van der Waals surface area (Å²) in [5.41, 5.74) is 0. The molecule has 0 atom stereocenters. The van der Waals surface area contributed by atoms with Gasteiger partial charge in [0.05, 0.1) is 11.5 Å². The Hall–Kier alpha value is -1.60. The van der Waals surface area contributed by atoms with E-state index in [4.69, 9.17) is 9.84 Å². The number of hydrogen-bond acceptors (Lipinski definition) is 4. The van der Waals surface area contributed by atoms with Gasteiger partial charge in [0, 0.05) is 6.54 Å². The van der Waals surface area contributed by atoms with E-state index in [-0.39, 0.29) is 17.4 Å². The third-order valence-corrected chi connectivity index (χ3v) is 4.48. The lowest BCUT2D eigenvalue weighted by molar-refractivity contribution is -0.137. The van der Waals surface area contributed by atoms with Gasteiger partial charge in [-0.25, -0.2) is 8.42 Å². The van der Waals surface area contributed by atoms with Crippen LogP contribution in [0.2, 0.25) is 0 Å². The van der Waals surface area contributed by atoms with E-state index in [1.54, 1.807) is 12.1 Å². The molecule has 0 fully saturated rings. The van der Waals surface area contributed by atoms with Crippen LogP contribution >= 0.6 is 0 Å². The first-order valence-electron chi connectivity index (χ1n) is 6.72. The Labute approximate surface area is 125 Å². The topological polar surface area (TPSA) is 83.9 Å². The van der Waals surface area contributed by atoms with Crippen molar-refractivity contribution in [2.75, 3.05) is 19.7 Å². The molecule has 0 aliphatic rings. The Balaban J connectivity index is 3.06. The highest BCUT2D eigenvalue weighted by Crippen LogP contribution is 2.20. The van der Waals surface area contributed by atoms with Crippen LogP contribution in [-0.4, -0.2) is 43.5 Å². The minimum Gasteiger partial charge on any atom is -0.494 e. The molecule has 0 aliphatic heterocycles. The molecular weight excluding hydrogens is 294 g/mol. The van der Waals surface area contributed by atoms with Gasteiger partial charge in [0.15, 0.2) is 0 Å². The summed E-state index contributed by atoms with van der Waals surface area (Å²) in [6, 6.07) is 5.97. The Morgan fingerprint density at radius 3 is 2.29 bits per heavy atom. The minimum atomic E-state index is -3.83. The van der Waals surface area contributed by atoms with Crippen molar-refractivity contribution in [3.8, 4) is 5.75 Å². The predicted octanol–water partition coefficient (Wildman–Crippen LogP) is 1.82. The number of carboxylic acid groups (broad SMARTS) is 1. The summed E-state index contributed by atoms with van der Waals surface area (Å²) in [4.78, 5) is 10.9. The first kappa shape index (κ1) is 17.5. The molecule has 1 aromatic rings. The molecule has 7 heteroatoms. The summed E-state index contributed by atoms with van der Waals surface area (Å²) in [7, 11) is -3.83. The van der Waals surface area contributed by atoms with Gasteiger partial charge in [0.25, 0.3) is 0 Å². The van der Waals surface area contributed by atoms with E-state index in [9.17, 15) is 13.2 Å². The van der Waals surface area contributed by atoms with E-state index in [1.165, 1.54) is 12.1 Å². The molecule has 0 saturated heterocycles. The largest absolute Gasteiger partial charge is 0.494 e. The maximum absolute atomic E-state index is 12.5. The molecule has 1 rings (SSSR count). The quantitative estimate of drug-likeness (QED) is 0.791. The number of ether oxygens (including phenoxy) is 1. The van der Waals surface area contributed by atoms with Crippen LogP contribution in [0.3, 0.4) is 0 Å². The van der Waals surface area contributed by atoms with E-state index >= 15 is 0 Å². The molecule has 21 heavy (non-hydrogen) atoms. The summed E-state index contributed by atoms with van der Waals surface area (Å²) in [5, 5.41) is 8.89. The Kier molecular flexibility index (Phi) is 6.17. The number of aliphatic carboxylic acids is 1. The van der Waals surface area contributed by atoms with Crippen molar-refractivity contribution < 1.29 is 23.1 Å². The number of carbonyl (C=O) groups is 1. The average Bonchev–Trinajstić information content (AvgIpc) is 2.38. The van der Waals surface area contributed by atoms with Crippen molar-refractivity contribution in [2.24, 2.45) is 5.92 Å². The first-order valence-corrected chi connectivity index (χ1v) is 8.16. The fourth-order valence-electron chi connectivity index (χ4n) is 1.83. The number of benzene rings is 1. The van der Waals surface area contributed by atoms with Crippen molar-refractivity contribution >= 4 is 16.0 Å². The van der Waals surface area contributed by atoms with Gasteiger partial charge in [-0.2, -0.15) is 4.31 Å². The van der Waals surface area contributed by atoms with Crippen LogP contribution in [0.15, 0.2) is 29.2 Å². The third kappa shape index (κ3) is 5.02. The van der Waals surface area contributed by atoms with Crippen LogP contribution in [0.1, 0.15) is 20.8 Å². The highest BCUT2D eigenvalue weighted by Gasteiger charge is 2.27. The van der Waals surface area contributed by atoms with Crippen LogP contribution in [0.5, 0.6) is 5.75 Å². The Bertz CT molecular complexity index is 566. The molecule has 0 radical (unpaired) electrons. The highest BCUT2D eigenvalue weighted by molar-refractivity contribution is 7.89. The molecule has 118 valence electrons. The molecular formula is C14H21NO5S. The van der Waals surface area contributed by atoms with Gasteiger partial charge in [0.1, 0.15) is 12.3 Å². The highest BCUT2D eigenvalue weighted by atomic mass is 32.2. The maximum atomic E-state index is 12.5. The lowest BCUT2D eigenvalue weighted by atomic mass is 10.2. The molecule has 0 saturated carbocycles. The molecule has 6 nitrogen and oxygen atoms in total. The minimum absolute atomic E-state index is 0.0295. The van der Waals surface area contributed by atoms with Gasteiger partial charge in [-0.15, -0.1) is 0 Å². The van der Waals surface area contributed by atoms with E-state index in [2.05, 4.69) is 0 Å². The fourth-order valence-corrected chi connectivity index (χ4v) is 3.38. The van der Waals surface area contributed by atoms with Crippen LogP contribution in [-0.2, 0) is 14.8 Å². The molecule has 0 aliphatic carbocycles. The summed E-state index contributed by atoms with van der Waals surface area (Å²) >= 11 is 0. The van der Waals surface area contributed by atoms with Gasteiger partial charge < -0.3 is 9.84 Å². The third-order valence-electron chi connectivity index (χ3n) is 2.65. The van der Waals surface area contributed by atoms with Crippen LogP contribution in [0, 0.1) is 5.92 Å². The van der Waals surface area contributed by atoms with Crippen LogP contribution in [0.25, 0.3) is 0 Å². The summed E-state index contributed by atoms with van der Waals surface area (Å²) in [6.45, 7) is 5.60. The number of carboxylic acids is 1. The van der Waals surface area contributed by atoms with Gasteiger partial charge in [-0.3, -0.25) is 4.79 Å². The zero-order chi connectivity index (χ0) is 16.0. The second kappa shape index (κ2) is 7.42. The summed E-state index contributed by atoms with van der Waals surface area (Å²) in [6.07, 6.45) is 0. The van der Waals surface area contributed by atoms with Gasteiger partial charge >= 0.3 is 5.97 Å². The van der Waals surface area contributed by atoms with E-state index in [0.717, 1.165) is 4.31 Å². The lowest BCUT2D eigenvalue weighted by Gasteiger charge is -2.22. The number of nitrogens with zero attached hydrogens (tertiary/aromatic N) is 1. The van der Waals surface area contributed by atoms with Crippen molar-refractivity contribution in [2.45, 2.75) is 25.7 Å². The Morgan fingerprint density at radius 1 is 1.29 bits per heavy atom. The zero-order valence-corrected chi connectivity index (χ0v) is 13.3. The van der Waals surface area contributed by atoms with Crippen molar-refractivity contribution in [3.05, 3.63) is 24.3 Å². The lowest BCUT2D eigenvalue weighted by Crippen LogP contribution is -2.38. The maximum Gasteiger partial charge on any atom is 0.318 e. The number of hydrogen-bond donors (Lipinski definition) is 1. The summed E-state index contributed by atoms with van der Waals surface area (Å²) in [5.74, 6) is -0.572. The monoisotopic (exact) mass is 315 g/mol. The van der Waals surface area contributed by atoms with Crippen molar-refractivity contribution in [1.29, 1.82) is 0 Å². The average molecular weight is 315 g/mol. The van der Waals surface area contributed by atoms with Crippen molar-refractivity contribution in [1.82, 2.24) is 4.31 Å². The molecule has 0 amide bonds. The first-order chi connectivity index (χ1) is 9.77. The predicted molar refractivity (Wildman–Crippen MR) is 78.8 cm³/mol. The number of rotatable bonds is 8. The van der Waals surface area contributed by atoms with Gasteiger partial charge in [-0.05, 0) is 37.1 Å². The second-order valence-corrected chi connectivity index (χ2v) is 6.93. The van der Waals surface area contributed by atoms with Crippen molar-refractivity contribution in [3.63, 3.8) is 0 Å². The van der Waals surface area contributed by atoms with Gasteiger partial charge in [0.2, 0.25) is 10.0 Å². The molecule has 0 heterocycles. The smallest absolute Gasteiger partial charge is 0.318 e. The zero-order valence-electron chi connectivity index (χ0n) is 12.4. The van der Waals surface area contributed by atoms with Crippen LogP contribution in [0.4, 0.5) is 0 Å². The molecule has 0 aromatic heterocycles. The molecule has 1 N–H and O–H groups in total. The normalized spacial score (nSPS) is 11.9. The van der Waals surface area contributed by atoms with E-state index in [0.29, 0.717) is 12.4 Å². The molecule has 0 bridgehead atoms.